The van der Waals surface area contributed by atoms with Gasteiger partial charge in [0.05, 0.1) is 6.10 Å². The van der Waals surface area contributed by atoms with Crippen molar-refractivity contribution in [2.24, 2.45) is 0 Å². The molecule has 0 aliphatic heterocycles. The molecule has 102 valence electrons. The Hall–Kier alpha value is -0.193. The van der Waals surface area contributed by atoms with Crippen molar-refractivity contribution in [2.75, 3.05) is 5.33 Å². The summed E-state index contributed by atoms with van der Waals surface area (Å²) in [6, 6.07) is 6.57. The predicted octanol–water partition coefficient (Wildman–Crippen LogP) is 5.28. The first kappa shape index (κ1) is 15.9. The lowest BCUT2D eigenvalue weighted by Gasteiger charge is -2.39. The van der Waals surface area contributed by atoms with Crippen molar-refractivity contribution < 1.29 is 8.82 Å². The van der Waals surface area contributed by atoms with Crippen LogP contribution < -0.4 is 0 Å². The van der Waals surface area contributed by atoms with E-state index in [1.807, 2.05) is 0 Å². The van der Waals surface area contributed by atoms with Gasteiger partial charge in [0.1, 0.15) is 5.82 Å². The molecule has 0 amide bonds. The second kappa shape index (κ2) is 5.84. The topological polar surface area (TPSA) is 9.23 Å². The molecule has 0 aromatic heterocycles. The molecule has 4 heteroatoms. The minimum atomic E-state index is -1.81. The Morgan fingerprint density at radius 1 is 1.22 bits per heavy atom. The smallest absolute Gasteiger partial charge is 0.192 e. The molecule has 0 saturated carbocycles. The van der Waals surface area contributed by atoms with Crippen LogP contribution in [0.2, 0.25) is 18.1 Å². The Labute approximate surface area is 119 Å². The molecule has 0 saturated heterocycles. The van der Waals surface area contributed by atoms with Crippen LogP contribution in [0.25, 0.3) is 0 Å². The maximum Gasteiger partial charge on any atom is 0.192 e. The summed E-state index contributed by atoms with van der Waals surface area (Å²) in [5.41, 5.74) is 1.03. The van der Waals surface area contributed by atoms with Crippen LogP contribution in [-0.2, 0) is 4.43 Å². The van der Waals surface area contributed by atoms with Crippen molar-refractivity contribution >= 4 is 24.2 Å². The average Bonchev–Trinajstić information content (AvgIpc) is 2.25. The van der Waals surface area contributed by atoms with Crippen molar-refractivity contribution in [3.63, 3.8) is 0 Å². The summed E-state index contributed by atoms with van der Waals surface area (Å²) in [7, 11) is -1.81. The summed E-state index contributed by atoms with van der Waals surface area (Å²) in [5, 5.41) is 0.901. The SMILES string of the molecule is CC(C)(C)[Si](C)(C)OC(CBr)c1ccc(F)cc1. The monoisotopic (exact) mass is 332 g/mol. The van der Waals surface area contributed by atoms with Gasteiger partial charge in [-0.15, -0.1) is 0 Å². The molecule has 0 aliphatic carbocycles. The Kier molecular flexibility index (Phi) is 5.15. The maximum atomic E-state index is 12.9. The summed E-state index contributed by atoms with van der Waals surface area (Å²) in [6.45, 7) is 11.1. The number of rotatable bonds is 4. The fraction of sp³-hybridized carbons (Fsp3) is 0.571. The van der Waals surface area contributed by atoms with Crippen molar-refractivity contribution in [3.05, 3.63) is 35.6 Å². The minimum absolute atomic E-state index is 0.00788. The van der Waals surface area contributed by atoms with E-state index in [-0.39, 0.29) is 17.0 Å². The highest BCUT2D eigenvalue weighted by molar-refractivity contribution is 9.09. The van der Waals surface area contributed by atoms with E-state index in [1.54, 1.807) is 12.1 Å². The summed E-state index contributed by atoms with van der Waals surface area (Å²) in [5.74, 6) is -0.209. The van der Waals surface area contributed by atoms with Gasteiger partial charge in [0.15, 0.2) is 8.32 Å². The van der Waals surface area contributed by atoms with Crippen molar-refractivity contribution in [2.45, 2.75) is 45.0 Å². The predicted molar refractivity (Wildman–Crippen MR) is 81.2 cm³/mol. The van der Waals surface area contributed by atoms with Gasteiger partial charge in [0, 0.05) is 5.33 Å². The Morgan fingerprint density at radius 3 is 2.11 bits per heavy atom. The van der Waals surface area contributed by atoms with E-state index in [9.17, 15) is 4.39 Å². The van der Waals surface area contributed by atoms with E-state index >= 15 is 0 Å². The number of hydrogen-bond acceptors (Lipinski definition) is 1. The van der Waals surface area contributed by atoms with Crippen LogP contribution in [0.1, 0.15) is 32.4 Å². The molecular formula is C14H22BrFOSi. The Bertz CT molecular complexity index is 384. The van der Waals surface area contributed by atoms with E-state index in [4.69, 9.17) is 4.43 Å². The average molecular weight is 333 g/mol. The molecule has 1 unspecified atom stereocenters. The lowest BCUT2D eigenvalue weighted by molar-refractivity contribution is 0.208. The van der Waals surface area contributed by atoms with Gasteiger partial charge in [0.25, 0.3) is 0 Å². The highest BCUT2D eigenvalue weighted by Gasteiger charge is 2.39. The molecule has 0 N–H and O–H groups in total. The van der Waals surface area contributed by atoms with E-state index in [1.165, 1.54) is 12.1 Å². The lowest BCUT2D eigenvalue weighted by Crippen LogP contribution is -2.42. The molecule has 0 heterocycles. The van der Waals surface area contributed by atoms with Gasteiger partial charge in [-0.2, -0.15) is 0 Å². The van der Waals surface area contributed by atoms with Gasteiger partial charge in [-0.3, -0.25) is 0 Å². The third-order valence-corrected chi connectivity index (χ3v) is 8.70. The zero-order chi connectivity index (χ0) is 14.0. The van der Waals surface area contributed by atoms with Crippen molar-refractivity contribution in [1.82, 2.24) is 0 Å². The van der Waals surface area contributed by atoms with E-state index in [0.717, 1.165) is 10.9 Å². The molecule has 1 atom stereocenters. The van der Waals surface area contributed by atoms with Crippen LogP contribution in [0.4, 0.5) is 4.39 Å². The van der Waals surface area contributed by atoms with E-state index in [0.29, 0.717) is 0 Å². The summed E-state index contributed by atoms with van der Waals surface area (Å²) >= 11 is 3.49. The van der Waals surface area contributed by atoms with Gasteiger partial charge in [-0.05, 0) is 35.8 Å². The molecule has 18 heavy (non-hydrogen) atoms. The molecule has 0 radical (unpaired) electrons. The molecule has 1 aromatic rings. The van der Waals surface area contributed by atoms with Gasteiger partial charge >= 0.3 is 0 Å². The Balaban J connectivity index is 2.89. The van der Waals surface area contributed by atoms with Gasteiger partial charge in [0.2, 0.25) is 0 Å². The first-order chi connectivity index (χ1) is 8.17. The third-order valence-electron chi connectivity index (χ3n) is 3.63. The van der Waals surface area contributed by atoms with Crippen molar-refractivity contribution in [3.8, 4) is 0 Å². The molecule has 0 spiro atoms. The molecule has 0 bridgehead atoms. The van der Waals surface area contributed by atoms with Crippen molar-refractivity contribution in [1.29, 1.82) is 0 Å². The number of halogens is 2. The summed E-state index contributed by atoms with van der Waals surface area (Å²) in [6.07, 6.45) is -0.00788. The Morgan fingerprint density at radius 2 is 1.72 bits per heavy atom. The zero-order valence-electron chi connectivity index (χ0n) is 11.8. The molecule has 0 aliphatic rings. The fourth-order valence-electron chi connectivity index (χ4n) is 1.40. The number of alkyl halides is 1. The summed E-state index contributed by atoms with van der Waals surface area (Å²) < 4.78 is 19.3. The standard InChI is InChI=1S/C14H22BrFOSi/c1-14(2,3)18(4,5)17-13(10-15)11-6-8-12(16)9-7-11/h6-9,13H,10H2,1-5H3. The van der Waals surface area contributed by atoms with Gasteiger partial charge in [-0.1, -0.05) is 48.8 Å². The second-order valence-electron chi connectivity index (χ2n) is 6.07. The quantitative estimate of drug-likeness (QED) is 0.538. The molecule has 0 fully saturated rings. The van der Waals surface area contributed by atoms with Crippen LogP contribution >= 0.6 is 15.9 Å². The van der Waals surface area contributed by atoms with Gasteiger partial charge in [-0.25, -0.2) is 4.39 Å². The molecule has 1 nitrogen and oxygen atoms in total. The van der Waals surface area contributed by atoms with E-state index < -0.39 is 8.32 Å². The van der Waals surface area contributed by atoms with E-state index in [2.05, 4.69) is 49.8 Å². The highest BCUT2D eigenvalue weighted by Crippen LogP contribution is 2.40. The highest BCUT2D eigenvalue weighted by atomic mass is 79.9. The van der Waals surface area contributed by atoms with Crippen LogP contribution in [0, 0.1) is 5.82 Å². The zero-order valence-corrected chi connectivity index (χ0v) is 14.3. The molecular weight excluding hydrogens is 311 g/mol. The first-order valence-corrected chi connectivity index (χ1v) is 10.2. The first-order valence-electron chi connectivity index (χ1n) is 6.16. The second-order valence-corrected chi connectivity index (χ2v) is 11.5. The van der Waals surface area contributed by atoms with Crippen LogP contribution in [0.15, 0.2) is 24.3 Å². The third kappa shape index (κ3) is 3.90. The van der Waals surface area contributed by atoms with Crippen LogP contribution in [-0.4, -0.2) is 13.6 Å². The number of benzene rings is 1. The minimum Gasteiger partial charge on any atom is -0.409 e. The normalized spacial score (nSPS) is 14.6. The number of hydrogen-bond donors (Lipinski definition) is 0. The molecule has 1 rings (SSSR count). The van der Waals surface area contributed by atoms with Gasteiger partial charge < -0.3 is 4.43 Å². The maximum absolute atomic E-state index is 12.9. The fourth-order valence-corrected chi connectivity index (χ4v) is 3.43. The lowest BCUT2D eigenvalue weighted by atomic mass is 10.1. The largest absolute Gasteiger partial charge is 0.409 e. The van der Waals surface area contributed by atoms with Crippen LogP contribution in [0.3, 0.4) is 0 Å². The summed E-state index contributed by atoms with van der Waals surface area (Å²) in [4.78, 5) is 0. The van der Waals surface area contributed by atoms with Crippen LogP contribution in [0.5, 0.6) is 0 Å². The molecule has 1 aromatic carbocycles.